The molecule has 3 nitrogen and oxygen atoms in total. The van der Waals surface area contributed by atoms with Crippen LogP contribution in [-0.2, 0) is 10.5 Å². The van der Waals surface area contributed by atoms with Crippen molar-refractivity contribution in [2.24, 2.45) is 0 Å². The van der Waals surface area contributed by atoms with Crippen molar-refractivity contribution >= 4 is 29.1 Å². The number of hydrogen-bond donors (Lipinski definition) is 2. The Balaban J connectivity index is 1.75. The average molecular weight is 243 g/mol. The number of thioether (sulfide) groups is 1. The first-order valence-electron chi connectivity index (χ1n) is 4.86. The number of hydrogen-bond acceptors (Lipinski definition) is 4. The van der Waals surface area contributed by atoms with Gasteiger partial charge in [0.25, 0.3) is 0 Å². The van der Waals surface area contributed by atoms with Gasteiger partial charge in [-0.15, -0.1) is 11.3 Å². The highest BCUT2D eigenvalue weighted by Crippen LogP contribution is 2.26. The standard InChI is InChI=1S/C10H13NO2S2/c12-10(13)9-4-8(5-11-9)15-6-7-2-1-3-14-7/h1-3,8-9,11H,4-6H2,(H,12,13). The molecule has 82 valence electrons. The van der Waals surface area contributed by atoms with Gasteiger partial charge in [-0.25, -0.2) is 0 Å². The highest BCUT2D eigenvalue weighted by molar-refractivity contribution is 7.99. The average Bonchev–Trinajstić information content (AvgIpc) is 2.86. The van der Waals surface area contributed by atoms with Gasteiger partial charge in [0.05, 0.1) is 0 Å². The van der Waals surface area contributed by atoms with Crippen LogP contribution in [-0.4, -0.2) is 28.9 Å². The molecule has 1 saturated heterocycles. The second kappa shape index (κ2) is 5.01. The van der Waals surface area contributed by atoms with E-state index < -0.39 is 5.97 Å². The van der Waals surface area contributed by atoms with E-state index in [4.69, 9.17) is 5.11 Å². The van der Waals surface area contributed by atoms with Crippen LogP contribution in [0.15, 0.2) is 17.5 Å². The Labute approximate surface area is 96.9 Å². The van der Waals surface area contributed by atoms with Crippen LogP contribution in [0.25, 0.3) is 0 Å². The van der Waals surface area contributed by atoms with E-state index in [0.29, 0.717) is 5.25 Å². The van der Waals surface area contributed by atoms with Crippen LogP contribution in [0.4, 0.5) is 0 Å². The van der Waals surface area contributed by atoms with Crippen molar-refractivity contribution in [1.82, 2.24) is 5.32 Å². The molecule has 0 amide bonds. The molecule has 1 aliphatic rings. The topological polar surface area (TPSA) is 49.3 Å². The number of nitrogens with one attached hydrogen (secondary N) is 1. The van der Waals surface area contributed by atoms with Crippen LogP contribution < -0.4 is 5.32 Å². The van der Waals surface area contributed by atoms with E-state index in [1.54, 1.807) is 11.3 Å². The van der Waals surface area contributed by atoms with E-state index in [1.165, 1.54) is 4.88 Å². The lowest BCUT2D eigenvalue weighted by molar-refractivity contribution is -0.139. The normalized spacial score (nSPS) is 25.6. The van der Waals surface area contributed by atoms with Crippen LogP contribution >= 0.6 is 23.1 Å². The number of carboxylic acid groups (broad SMARTS) is 1. The van der Waals surface area contributed by atoms with Gasteiger partial charge in [0.15, 0.2) is 0 Å². The second-order valence-corrected chi connectivity index (χ2v) is 5.87. The Morgan fingerprint density at radius 3 is 3.20 bits per heavy atom. The Morgan fingerprint density at radius 2 is 2.60 bits per heavy atom. The smallest absolute Gasteiger partial charge is 0.320 e. The van der Waals surface area contributed by atoms with Gasteiger partial charge in [-0.3, -0.25) is 4.79 Å². The number of thiophene rings is 1. The molecule has 5 heteroatoms. The van der Waals surface area contributed by atoms with Crippen molar-refractivity contribution in [2.75, 3.05) is 6.54 Å². The molecule has 0 radical (unpaired) electrons. The van der Waals surface area contributed by atoms with Crippen molar-refractivity contribution in [3.8, 4) is 0 Å². The zero-order valence-electron chi connectivity index (χ0n) is 8.18. The lowest BCUT2D eigenvalue weighted by Crippen LogP contribution is -2.29. The minimum absolute atomic E-state index is 0.342. The van der Waals surface area contributed by atoms with E-state index in [9.17, 15) is 4.79 Å². The number of aliphatic carboxylic acids is 1. The summed E-state index contributed by atoms with van der Waals surface area (Å²) in [4.78, 5) is 12.1. The zero-order valence-corrected chi connectivity index (χ0v) is 9.81. The molecular formula is C10H13NO2S2. The van der Waals surface area contributed by atoms with Gasteiger partial charge in [0.1, 0.15) is 6.04 Å². The Bertz CT molecular complexity index is 326. The molecule has 1 aliphatic heterocycles. The van der Waals surface area contributed by atoms with Crippen LogP contribution in [0, 0.1) is 0 Å². The molecule has 0 saturated carbocycles. The van der Waals surface area contributed by atoms with Gasteiger partial charge in [0, 0.05) is 22.4 Å². The van der Waals surface area contributed by atoms with Crippen molar-refractivity contribution in [3.63, 3.8) is 0 Å². The Hall–Kier alpha value is -0.520. The fourth-order valence-electron chi connectivity index (χ4n) is 1.61. The fourth-order valence-corrected chi connectivity index (χ4v) is 3.62. The molecular weight excluding hydrogens is 230 g/mol. The number of rotatable bonds is 4. The molecule has 2 rings (SSSR count). The molecule has 0 aliphatic carbocycles. The predicted octanol–water partition coefficient (Wildman–Crippen LogP) is 1.80. The summed E-state index contributed by atoms with van der Waals surface area (Å²) < 4.78 is 0. The highest BCUT2D eigenvalue weighted by Gasteiger charge is 2.29. The molecule has 2 unspecified atom stereocenters. The van der Waals surface area contributed by atoms with E-state index in [1.807, 2.05) is 17.8 Å². The molecule has 1 aromatic heterocycles. The molecule has 15 heavy (non-hydrogen) atoms. The first-order chi connectivity index (χ1) is 7.25. The van der Waals surface area contributed by atoms with Gasteiger partial charge in [0.2, 0.25) is 0 Å². The van der Waals surface area contributed by atoms with Gasteiger partial charge in [-0.2, -0.15) is 11.8 Å². The third-order valence-electron chi connectivity index (χ3n) is 2.43. The highest BCUT2D eigenvalue weighted by atomic mass is 32.2. The van der Waals surface area contributed by atoms with E-state index >= 15 is 0 Å². The third-order valence-corrected chi connectivity index (χ3v) is 4.80. The summed E-state index contributed by atoms with van der Waals surface area (Å²) in [7, 11) is 0. The van der Waals surface area contributed by atoms with Gasteiger partial charge in [-0.05, 0) is 17.9 Å². The lowest BCUT2D eigenvalue weighted by Gasteiger charge is -2.06. The maximum Gasteiger partial charge on any atom is 0.320 e. The Kier molecular flexibility index (Phi) is 3.66. The predicted molar refractivity (Wildman–Crippen MR) is 63.4 cm³/mol. The Morgan fingerprint density at radius 1 is 1.73 bits per heavy atom. The minimum atomic E-state index is -0.728. The first-order valence-corrected chi connectivity index (χ1v) is 6.78. The SMILES string of the molecule is O=C(O)C1CC(SCc2cccs2)CN1. The van der Waals surface area contributed by atoms with E-state index in [-0.39, 0.29) is 6.04 Å². The molecule has 1 fully saturated rings. The van der Waals surface area contributed by atoms with Crippen LogP contribution in [0.5, 0.6) is 0 Å². The molecule has 2 heterocycles. The molecule has 1 aromatic rings. The number of carboxylic acids is 1. The summed E-state index contributed by atoms with van der Waals surface area (Å²) in [5.74, 6) is 0.269. The molecule has 2 N–H and O–H groups in total. The van der Waals surface area contributed by atoms with E-state index in [0.717, 1.165) is 18.7 Å². The summed E-state index contributed by atoms with van der Waals surface area (Å²) in [6, 6.07) is 3.83. The first kappa shape index (κ1) is 11.0. The van der Waals surface area contributed by atoms with Crippen LogP contribution in [0.2, 0.25) is 0 Å². The fraction of sp³-hybridized carbons (Fsp3) is 0.500. The number of carbonyl (C=O) groups is 1. The summed E-state index contributed by atoms with van der Waals surface area (Å²) in [6.45, 7) is 0.813. The van der Waals surface area contributed by atoms with Crippen LogP contribution in [0.1, 0.15) is 11.3 Å². The maximum absolute atomic E-state index is 10.7. The minimum Gasteiger partial charge on any atom is -0.480 e. The third kappa shape index (κ3) is 2.96. The monoisotopic (exact) mass is 243 g/mol. The summed E-state index contributed by atoms with van der Waals surface area (Å²) in [5.41, 5.74) is 0. The van der Waals surface area contributed by atoms with Gasteiger partial charge >= 0.3 is 5.97 Å². The maximum atomic E-state index is 10.7. The zero-order chi connectivity index (χ0) is 10.7. The quantitative estimate of drug-likeness (QED) is 0.846. The largest absolute Gasteiger partial charge is 0.480 e. The van der Waals surface area contributed by atoms with Crippen molar-refractivity contribution in [3.05, 3.63) is 22.4 Å². The van der Waals surface area contributed by atoms with Crippen molar-refractivity contribution in [1.29, 1.82) is 0 Å². The van der Waals surface area contributed by atoms with Crippen molar-refractivity contribution < 1.29 is 9.90 Å². The van der Waals surface area contributed by atoms with E-state index in [2.05, 4.69) is 16.8 Å². The molecule has 0 bridgehead atoms. The summed E-state index contributed by atoms with van der Waals surface area (Å²) in [5, 5.41) is 14.3. The lowest BCUT2D eigenvalue weighted by atomic mass is 10.2. The van der Waals surface area contributed by atoms with Crippen LogP contribution in [0.3, 0.4) is 0 Å². The van der Waals surface area contributed by atoms with Gasteiger partial charge in [-0.1, -0.05) is 6.07 Å². The summed E-state index contributed by atoms with van der Waals surface area (Å²) >= 11 is 3.60. The molecule has 0 spiro atoms. The molecule has 2 atom stereocenters. The molecule has 0 aromatic carbocycles. The van der Waals surface area contributed by atoms with Gasteiger partial charge < -0.3 is 10.4 Å². The second-order valence-electron chi connectivity index (χ2n) is 3.55. The van der Waals surface area contributed by atoms with Crippen molar-refractivity contribution in [2.45, 2.75) is 23.5 Å². The summed E-state index contributed by atoms with van der Waals surface area (Å²) in [6.07, 6.45) is 0.741.